The lowest BCUT2D eigenvalue weighted by Gasteiger charge is -2.35. The summed E-state index contributed by atoms with van der Waals surface area (Å²) in [6.45, 7) is 0.0670. The summed E-state index contributed by atoms with van der Waals surface area (Å²) in [6, 6.07) is 9.77. The molecule has 3 heterocycles. The molecule has 0 aliphatic carbocycles. The normalized spacial score (nSPS) is 18.4. The van der Waals surface area contributed by atoms with Crippen molar-refractivity contribution in [2.45, 2.75) is 38.1 Å². The number of hydrogen-bond acceptors (Lipinski definition) is 5. The molecule has 1 saturated heterocycles. The average Bonchev–Trinajstić information content (AvgIpc) is 3.11. The van der Waals surface area contributed by atoms with Gasteiger partial charge in [-0.05, 0) is 18.4 Å². The van der Waals surface area contributed by atoms with Crippen LogP contribution in [0.15, 0.2) is 53.5 Å². The number of rotatable bonds is 7. The standard InChI is InChI=1S/C28H26F3N3O5/c1-38-19-8-7-18-12-33(13-19)28(37)24-26(39-15-16-5-3-2-4-6-16)25(35)21(14-34(18)24)27(36)32-11-20-22(30)9-17(29)10-23(20)31/h2-6,9-10,14,18-19H,7-8,11-13,15H2,1H3,(H,32,36)/t18-,19-/m0/s1. The maximum Gasteiger partial charge on any atom is 0.274 e. The number of hydrogen-bond donors (Lipinski definition) is 1. The van der Waals surface area contributed by atoms with Crippen LogP contribution in [0.25, 0.3) is 0 Å². The third kappa shape index (κ3) is 5.26. The number of benzene rings is 2. The highest BCUT2D eigenvalue weighted by atomic mass is 19.1. The molecule has 0 spiro atoms. The molecule has 2 aromatic carbocycles. The van der Waals surface area contributed by atoms with Gasteiger partial charge in [0.05, 0.1) is 12.1 Å². The van der Waals surface area contributed by atoms with Gasteiger partial charge in [0.15, 0.2) is 11.4 Å². The largest absolute Gasteiger partial charge is 0.483 e. The molecule has 0 radical (unpaired) electrons. The maximum absolute atomic E-state index is 14.1. The van der Waals surface area contributed by atoms with Crippen LogP contribution < -0.4 is 15.5 Å². The summed E-state index contributed by atoms with van der Waals surface area (Å²) in [5.41, 5.74) is -0.947. The number of amides is 2. The Morgan fingerprint density at radius 1 is 1.05 bits per heavy atom. The van der Waals surface area contributed by atoms with E-state index in [0.29, 0.717) is 38.1 Å². The molecule has 2 aliphatic heterocycles. The van der Waals surface area contributed by atoms with Gasteiger partial charge in [-0.3, -0.25) is 14.4 Å². The Morgan fingerprint density at radius 2 is 1.77 bits per heavy atom. The fraction of sp³-hybridized carbons (Fsp3) is 0.321. The number of nitrogens with zero attached hydrogens (tertiary/aromatic N) is 2. The van der Waals surface area contributed by atoms with Crippen LogP contribution in [0.1, 0.15) is 50.9 Å². The van der Waals surface area contributed by atoms with Crippen LogP contribution in [-0.2, 0) is 17.9 Å². The van der Waals surface area contributed by atoms with Crippen molar-refractivity contribution in [2.75, 3.05) is 20.2 Å². The molecule has 0 unspecified atom stereocenters. The molecule has 2 aliphatic rings. The second-order valence-electron chi connectivity index (χ2n) is 9.56. The predicted octanol–water partition coefficient (Wildman–Crippen LogP) is 3.58. The first-order valence-corrected chi connectivity index (χ1v) is 12.5. The van der Waals surface area contributed by atoms with Crippen molar-refractivity contribution in [1.29, 1.82) is 0 Å². The van der Waals surface area contributed by atoms with E-state index in [4.69, 9.17) is 9.47 Å². The summed E-state index contributed by atoms with van der Waals surface area (Å²) in [5, 5.41) is 2.33. The molecule has 1 fully saturated rings. The third-order valence-corrected chi connectivity index (χ3v) is 7.09. The number of fused-ring (bicyclic) bond motifs is 4. The Kier molecular flexibility index (Phi) is 7.42. The Labute approximate surface area is 221 Å². The second-order valence-corrected chi connectivity index (χ2v) is 9.56. The van der Waals surface area contributed by atoms with Crippen molar-refractivity contribution < 1.29 is 32.2 Å². The van der Waals surface area contributed by atoms with E-state index in [-0.39, 0.29) is 35.8 Å². The van der Waals surface area contributed by atoms with Crippen LogP contribution in [0, 0.1) is 17.5 Å². The third-order valence-electron chi connectivity index (χ3n) is 7.09. The minimum Gasteiger partial charge on any atom is -0.483 e. The maximum atomic E-state index is 14.1. The molecule has 2 amide bonds. The molecule has 2 atom stereocenters. The zero-order chi connectivity index (χ0) is 27.7. The lowest BCUT2D eigenvalue weighted by molar-refractivity contribution is 0.0479. The number of halogens is 3. The smallest absolute Gasteiger partial charge is 0.274 e. The van der Waals surface area contributed by atoms with E-state index in [2.05, 4.69) is 5.32 Å². The first-order chi connectivity index (χ1) is 18.8. The number of nitrogens with one attached hydrogen (secondary N) is 1. The van der Waals surface area contributed by atoms with Crippen molar-refractivity contribution in [1.82, 2.24) is 14.8 Å². The molecule has 5 rings (SSSR count). The number of ether oxygens (including phenoxy) is 2. The predicted molar refractivity (Wildman–Crippen MR) is 134 cm³/mol. The fourth-order valence-corrected chi connectivity index (χ4v) is 5.01. The number of carbonyl (C=O) groups excluding carboxylic acids is 2. The Balaban J connectivity index is 1.53. The van der Waals surface area contributed by atoms with Crippen molar-refractivity contribution in [3.8, 4) is 5.75 Å². The average molecular weight is 542 g/mol. The zero-order valence-electron chi connectivity index (χ0n) is 21.1. The summed E-state index contributed by atoms with van der Waals surface area (Å²) in [5.74, 6) is -5.04. The monoisotopic (exact) mass is 541 g/mol. The SMILES string of the molecule is CO[C@H]1CC[C@H]2CN(C1)C(=O)c1c(OCc3ccccc3)c(=O)c(C(=O)NCc3c(F)cc(F)cc3F)cn12. The van der Waals surface area contributed by atoms with Crippen LogP contribution in [0.4, 0.5) is 13.2 Å². The second kappa shape index (κ2) is 10.9. The van der Waals surface area contributed by atoms with Gasteiger partial charge in [-0.2, -0.15) is 0 Å². The minimum atomic E-state index is -1.17. The summed E-state index contributed by atoms with van der Waals surface area (Å²) in [6.07, 6.45) is 2.38. The van der Waals surface area contributed by atoms with E-state index in [1.165, 1.54) is 6.20 Å². The molecule has 204 valence electrons. The van der Waals surface area contributed by atoms with Crippen LogP contribution in [0.3, 0.4) is 0 Å². The van der Waals surface area contributed by atoms with Gasteiger partial charge in [0.2, 0.25) is 5.43 Å². The molecule has 1 aromatic heterocycles. The number of methoxy groups -OCH3 is 1. The van der Waals surface area contributed by atoms with E-state index < -0.39 is 46.8 Å². The molecule has 11 heteroatoms. The molecule has 39 heavy (non-hydrogen) atoms. The van der Waals surface area contributed by atoms with Gasteiger partial charge in [0.1, 0.15) is 29.6 Å². The quantitative estimate of drug-likeness (QED) is 0.494. The number of carbonyl (C=O) groups is 2. The fourth-order valence-electron chi connectivity index (χ4n) is 5.01. The molecular weight excluding hydrogens is 515 g/mol. The topological polar surface area (TPSA) is 89.9 Å². The number of aromatic nitrogens is 1. The van der Waals surface area contributed by atoms with Crippen molar-refractivity contribution in [2.24, 2.45) is 0 Å². The van der Waals surface area contributed by atoms with Gasteiger partial charge < -0.3 is 24.3 Å². The Bertz CT molecular complexity index is 1450. The highest BCUT2D eigenvalue weighted by Crippen LogP contribution is 2.33. The van der Waals surface area contributed by atoms with Gasteiger partial charge in [-0.15, -0.1) is 0 Å². The summed E-state index contributed by atoms with van der Waals surface area (Å²) < 4.78 is 54.5. The summed E-state index contributed by atoms with van der Waals surface area (Å²) in [7, 11) is 1.57. The number of pyridine rings is 1. The Morgan fingerprint density at radius 3 is 2.46 bits per heavy atom. The Hall–Kier alpha value is -4.12. The molecule has 8 nitrogen and oxygen atoms in total. The van der Waals surface area contributed by atoms with Crippen LogP contribution >= 0.6 is 0 Å². The van der Waals surface area contributed by atoms with Gasteiger partial charge in [-0.1, -0.05) is 30.3 Å². The first-order valence-electron chi connectivity index (χ1n) is 12.5. The van der Waals surface area contributed by atoms with Gasteiger partial charge in [0, 0.05) is 50.6 Å². The van der Waals surface area contributed by atoms with Crippen LogP contribution in [0.5, 0.6) is 5.75 Å². The minimum absolute atomic E-state index is 0.0290. The van der Waals surface area contributed by atoms with Crippen molar-refractivity contribution in [3.63, 3.8) is 0 Å². The van der Waals surface area contributed by atoms with Gasteiger partial charge >= 0.3 is 0 Å². The van der Waals surface area contributed by atoms with Crippen molar-refractivity contribution >= 4 is 11.8 Å². The first kappa shape index (κ1) is 26.5. The molecule has 0 saturated carbocycles. The van der Waals surface area contributed by atoms with E-state index in [0.717, 1.165) is 5.56 Å². The molecule has 2 bridgehead atoms. The molecule has 1 N–H and O–H groups in total. The van der Waals surface area contributed by atoms with E-state index in [1.807, 2.05) is 6.07 Å². The van der Waals surface area contributed by atoms with Crippen molar-refractivity contribution in [3.05, 3.63) is 98.7 Å². The summed E-state index contributed by atoms with van der Waals surface area (Å²) >= 11 is 0. The van der Waals surface area contributed by atoms with Crippen LogP contribution in [0.2, 0.25) is 0 Å². The van der Waals surface area contributed by atoms with E-state index in [9.17, 15) is 27.6 Å². The van der Waals surface area contributed by atoms with Crippen LogP contribution in [-0.4, -0.2) is 47.6 Å². The highest BCUT2D eigenvalue weighted by Gasteiger charge is 2.39. The van der Waals surface area contributed by atoms with Gasteiger partial charge in [0.25, 0.3) is 11.8 Å². The highest BCUT2D eigenvalue weighted by molar-refractivity contribution is 5.99. The zero-order valence-corrected chi connectivity index (χ0v) is 21.1. The van der Waals surface area contributed by atoms with Gasteiger partial charge in [-0.25, -0.2) is 13.2 Å². The lowest BCUT2D eigenvalue weighted by atomic mass is 10.0. The van der Waals surface area contributed by atoms with E-state index in [1.54, 1.807) is 40.8 Å². The summed E-state index contributed by atoms with van der Waals surface area (Å²) in [4.78, 5) is 41.9. The molecule has 3 aromatic rings. The lowest BCUT2D eigenvalue weighted by Crippen LogP contribution is -2.46. The van der Waals surface area contributed by atoms with E-state index >= 15 is 0 Å². The molecular formula is C28H26F3N3O5.